The fourth-order valence-corrected chi connectivity index (χ4v) is 5.20. The Morgan fingerprint density at radius 3 is 2.46 bits per heavy atom. The minimum atomic E-state index is -0.618. The molecule has 0 spiro atoms. The van der Waals surface area contributed by atoms with Gasteiger partial charge in [0.2, 0.25) is 0 Å². The number of para-hydroxylation sites is 2. The lowest BCUT2D eigenvalue weighted by molar-refractivity contribution is 0.0918. The number of nitrogens with zero attached hydrogens (tertiary/aromatic N) is 4. The van der Waals surface area contributed by atoms with Crippen LogP contribution in [-0.4, -0.2) is 37.0 Å². The second-order valence-corrected chi connectivity index (χ2v) is 9.90. The molecule has 1 aromatic carbocycles. The number of nitrogens with one attached hydrogen (secondary N) is 1. The van der Waals surface area contributed by atoms with Crippen LogP contribution < -0.4 is 16.7 Å². The average molecular weight is 519 g/mol. The van der Waals surface area contributed by atoms with Crippen LogP contribution in [-0.2, 0) is 6.54 Å². The first-order valence-electron chi connectivity index (χ1n) is 12.2. The van der Waals surface area contributed by atoms with Crippen molar-refractivity contribution in [3.05, 3.63) is 87.3 Å². The normalized spacial score (nSPS) is 17.6. The van der Waals surface area contributed by atoms with Crippen LogP contribution in [0.5, 0.6) is 0 Å². The molecule has 9 nitrogen and oxygen atoms in total. The van der Waals surface area contributed by atoms with E-state index in [0.717, 1.165) is 36.7 Å². The van der Waals surface area contributed by atoms with Gasteiger partial charge in [0.05, 0.1) is 39.2 Å². The second kappa shape index (κ2) is 10.2. The molecule has 190 valence electrons. The minimum absolute atomic E-state index is 0.0649. The molecule has 2 amide bonds. The third kappa shape index (κ3) is 4.99. The monoisotopic (exact) mass is 518 g/mol. The lowest BCUT2D eigenvalue weighted by Crippen LogP contribution is -2.39. The Labute approximate surface area is 218 Å². The maximum Gasteiger partial charge on any atom is 0.333 e. The molecule has 1 fully saturated rings. The molecule has 0 aliphatic heterocycles. The van der Waals surface area contributed by atoms with Crippen molar-refractivity contribution in [3.63, 3.8) is 0 Å². The predicted molar refractivity (Wildman–Crippen MR) is 141 cm³/mol. The second-order valence-electron chi connectivity index (χ2n) is 9.46. The van der Waals surface area contributed by atoms with Gasteiger partial charge in [-0.2, -0.15) is 0 Å². The first-order chi connectivity index (χ1) is 17.8. The summed E-state index contributed by atoms with van der Waals surface area (Å²) in [4.78, 5) is 46.0. The summed E-state index contributed by atoms with van der Waals surface area (Å²) in [6.07, 6.45) is 6.45. The highest BCUT2D eigenvalue weighted by Gasteiger charge is 2.25. The van der Waals surface area contributed by atoms with Crippen LogP contribution in [0.25, 0.3) is 16.7 Å². The van der Waals surface area contributed by atoms with Gasteiger partial charge in [0.15, 0.2) is 0 Å². The van der Waals surface area contributed by atoms with Crippen LogP contribution in [0, 0.1) is 12.8 Å². The maximum absolute atomic E-state index is 13.5. The molecule has 0 saturated heterocycles. The molecule has 3 N–H and O–H groups in total. The Bertz CT molecular complexity index is 1530. The number of imidazole rings is 1. The summed E-state index contributed by atoms with van der Waals surface area (Å²) in [5.41, 5.74) is 8.61. The van der Waals surface area contributed by atoms with Crippen molar-refractivity contribution < 1.29 is 9.59 Å². The molecule has 4 aromatic rings. The van der Waals surface area contributed by atoms with Gasteiger partial charge in [0.25, 0.3) is 11.8 Å². The largest absolute Gasteiger partial charge is 0.364 e. The summed E-state index contributed by atoms with van der Waals surface area (Å²) in [6.45, 7) is 2.37. The zero-order valence-electron chi connectivity index (χ0n) is 20.4. The Kier molecular flexibility index (Phi) is 6.80. The lowest BCUT2D eigenvalue weighted by atomic mass is 9.85. The molecule has 0 atom stereocenters. The van der Waals surface area contributed by atoms with E-state index in [2.05, 4.69) is 15.3 Å². The van der Waals surface area contributed by atoms with Crippen LogP contribution in [0.15, 0.2) is 59.7 Å². The number of nitrogens with two attached hydrogens (primary N) is 1. The number of aromatic nitrogens is 4. The van der Waals surface area contributed by atoms with Crippen LogP contribution in [0.3, 0.4) is 0 Å². The molecule has 0 bridgehead atoms. The lowest BCUT2D eigenvalue weighted by Gasteiger charge is -2.29. The zero-order valence-corrected chi connectivity index (χ0v) is 21.1. The number of halogens is 1. The Morgan fingerprint density at radius 1 is 1.05 bits per heavy atom. The molecule has 3 heterocycles. The van der Waals surface area contributed by atoms with Gasteiger partial charge in [0.1, 0.15) is 5.69 Å². The van der Waals surface area contributed by atoms with Crippen LogP contribution in [0.4, 0.5) is 0 Å². The van der Waals surface area contributed by atoms with Crippen molar-refractivity contribution in [3.8, 4) is 5.69 Å². The van der Waals surface area contributed by atoms with E-state index in [0.29, 0.717) is 34.4 Å². The Hall–Kier alpha value is -3.98. The van der Waals surface area contributed by atoms with Gasteiger partial charge >= 0.3 is 5.69 Å². The number of hydrogen-bond donors (Lipinski definition) is 2. The number of amides is 2. The first kappa shape index (κ1) is 24.7. The van der Waals surface area contributed by atoms with Gasteiger partial charge in [-0.3, -0.25) is 23.7 Å². The summed E-state index contributed by atoms with van der Waals surface area (Å²) in [6, 6.07) is 12.5. The van der Waals surface area contributed by atoms with E-state index in [1.165, 1.54) is 18.5 Å². The molecular formula is C27H27ClN6O3. The molecule has 0 radical (unpaired) electrons. The predicted octanol–water partition coefficient (Wildman–Crippen LogP) is 3.63. The van der Waals surface area contributed by atoms with Crippen LogP contribution in [0.2, 0.25) is 5.02 Å². The summed E-state index contributed by atoms with van der Waals surface area (Å²) in [5.74, 6) is -0.478. The number of carbonyl (C=O) groups excluding carboxylic acids is 2. The minimum Gasteiger partial charge on any atom is -0.364 e. The van der Waals surface area contributed by atoms with Crippen LogP contribution in [0.1, 0.15) is 52.2 Å². The van der Waals surface area contributed by atoms with E-state index in [1.807, 2.05) is 28.8 Å². The van der Waals surface area contributed by atoms with Gasteiger partial charge in [0, 0.05) is 18.8 Å². The van der Waals surface area contributed by atoms with E-state index in [-0.39, 0.29) is 23.3 Å². The molecule has 1 aliphatic rings. The van der Waals surface area contributed by atoms with Crippen molar-refractivity contribution in [2.24, 2.45) is 11.7 Å². The molecule has 1 saturated carbocycles. The topological polar surface area (TPSA) is 125 Å². The van der Waals surface area contributed by atoms with Gasteiger partial charge in [-0.1, -0.05) is 23.7 Å². The summed E-state index contributed by atoms with van der Waals surface area (Å²) in [7, 11) is 0. The number of rotatable bonds is 6. The zero-order chi connectivity index (χ0) is 26.1. The fraction of sp³-hybridized carbons (Fsp3) is 0.296. The van der Waals surface area contributed by atoms with Gasteiger partial charge in [-0.25, -0.2) is 9.78 Å². The Morgan fingerprint density at radius 2 is 1.78 bits per heavy atom. The molecule has 37 heavy (non-hydrogen) atoms. The van der Waals surface area contributed by atoms with E-state index in [4.69, 9.17) is 17.3 Å². The quantitative estimate of drug-likeness (QED) is 0.403. The third-order valence-electron chi connectivity index (χ3n) is 7.02. The number of carbonyl (C=O) groups is 2. The number of aryl methyl sites for hydroxylation is 1. The van der Waals surface area contributed by atoms with Crippen LogP contribution >= 0.6 is 11.6 Å². The van der Waals surface area contributed by atoms with Crippen molar-refractivity contribution in [1.82, 2.24) is 24.4 Å². The van der Waals surface area contributed by atoms with Gasteiger partial charge in [-0.05, 0) is 68.9 Å². The Balaban J connectivity index is 1.31. The smallest absolute Gasteiger partial charge is 0.333 e. The number of benzene rings is 1. The highest BCUT2D eigenvalue weighted by Crippen LogP contribution is 2.28. The van der Waals surface area contributed by atoms with E-state index < -0.39 is 5.91 Å². The third-order valence-corrected chi connectivity index (χ3v) is 7.22. The van der Waals surface area contributed by atoms with Crippen molar-refractivity contribution in [2.75, 3.05) is 0 Å². The highest BCUT2D eigenvalue weighted by atomic mass is 35.5. The summed E-state index contributed by atoms with van der Waals surface area (Å²) < 4.78 is 3.42. The molecular weight excluding hydrogens is 492 g/mol. The maximum atomic E-state index is 13.5. The number of primary amides is 1. The highest BCUT2D eigenvalue weighted by molar-refractivity contribution is 6.30. The molecule has 1 aliphatic carbocycles. The van der Waals surface area contributed by atoms with Gasteiger partial charge in [-0.15, -0.1) is 0 Å². The fourth-order valence-electron chi connectivity index (χ4n) is 5.05. The van der Waals surface area contributed by atoms with E-state index >= 15 is 0 Å². The number of fused-ring (bicyclic) bond motifs is 1. The molecule has 10 heteroatoms. The standard InChI is InChI=1S/C27H27ClN6O3/c1-16-21(12-18(28)13-30-16)26(36)32-19-8-6-17(7-9-19)15-33-23-4-2-3-5-24(23)34(27(33)37)20-10-11-22(25(29)35)31-14-20/h2-5,10-14,17,19H,6-9,15H2,1H3,(H2,29,35)(H,32,36). The number of hydrogen-bond acceptors (Lipinski definition) is 5. The summed E-state index contributed by atoms with van der Waals surface area (Å²) >= 11 is 6.02. The molecule has 0 unspecified atom stereocenters. The van der Waals surface area contributed by atoms with Crippen molar-refractivity contribution >= 4 is 34.4 Å². The SMILES string of the molecule is Cc1ncc(Cl)cc1C(=O)NC1CCC(Cn2c(=O)n(-c3ccc(C(N)=O)nc3)c3ccccc32)CC1. The van der Waals surface area contributed by atoms with Gasteiger partial charge < -0.3 is 11.1 Å². The number of pyridine rings is 2. The van der Waals surface area contributed by atoms with E-state index in [9.17, 15) is 14.4 Å². The van der Waals surface area contributed by atoms with E-state index in [1.54, 1.807) is 23.6 Å². The summed E-state index contributed by atoms with van der Waals surface area (Å²) in [5, 5.41) is 3.55. The molecule has 3 aromatic heterocycles. The average Bonchev–Trinajstić information content (AvgIpc) is 3.17. The molecule has 5 rings (SSSR count). The first-order valence-corrected chi connectivity index (χ1v) is 12.6. The van der Waals surface area contributed by atoms with Crippen molar-refractivity contribution in [2.45, 2.75) is 45.2 Å². The van der Waals surface area contributed by atoms with Crippen molar-refractivity contribution in [1.29, 1.82) is 0 Å².